The zero-order chi connectivity index (χ0) is 16.9. The fraction of sp³-hybridized carbons (Fsp3) is 0.632. The second kappa shape index (κ2) is 12.4. The van der Waals surface area contributed by atoms with E-state index >= 15 is 0 Å². The van der Waals surface area contributed by atoms with E-state index in [1.165, 1.54) is 57.8 Å². The maximum absolute atomic E-state index is 10.9. The van der Waals surface area contributed by atoms with Gasteiger partial charge in [-0.2, -0.15) is 0 Å². The van der Waals surface area contributed by atoms with Crippen LogP contribution in [0.1, 0.15) is 81.5 Å². The number of ether oxygens (including phenoxy) is 1. The van der Waals surface area contributed by atoms with Gasteiger partial charge in [0.2, 0.25) is 0 Å². The molecule has 0 bridgehead atoms. The van der Waals surface area contributed by atoms with Gasteiger partial charge in [0.1, 0.15) is 5.75 Å². The van der Waals surface area contributed by atoms with Gasteiger partial charge in [-0.05, 0) is 40.5 Å². The molecule has 1 aromatic rings. The standard InChI is InChI=1S/C19H29BrO3/c1-2-3-4-5-6-7-8-9-10-11-14-23-16-12-13-17(19(21)22)18(20)15-16/h12-13,15H,2-11,14H2,1H3,(H,21,22). The van der Waals surface area contributed by atoms with E-state index in [0.717, 1.165) is 12.2 Å². The lowest BCUT2D eigenvalue weighted by Gasteiger charge is -2.08. The second-order valence-corrected chi connectivity index (χ2v) is 6.83. The van der Waals surface area contributed by atoms with Gasteiger partial charge in [-0.25, -0.2) is 4.79 Å². The number of unbranched alkanes of at least 4 members (excludes halogenated alkanes) is 9. The van der Waals surface area contributed by atoms with Crippen LogP contribution in [0.15, 0.2) is 22.7 Å². The molecule has 0 fully saturated rings. The van der Waals surface area contributed by atoms with Crippen LogP contribution in [-0.2, 0) is 0 Å². The molecule has 3 nitrogen and oxygen atoms in total. The van der Waals surface area contributed by atoms with Crippen LogP contribution in [-0.4, -0.2) is 17.7 Å². The first-order chi connectivity index (χ1) is 11.1. The first-order valence-corrected chi connectivity index (χ1v) is 9.60. The average molecular weight is 385 g/mol. The molecule has 23 heavy (non-hydrogen) atoms. The Morgan fingerprint density at radius 3 is 2.09 bits per heavy atom. The normalized spacial score (nSPS) is 10.7. The minimum absolute atomic E-state index is 0.260. The third-order valence-electron chi connectivity index (χ3n) is 3.94. The molecule has 0 amide bonds. The molecular weight excluding hydrogens is 356 g/mol. The van der Waals surface area contributed by atoms with E-state index in [9.17, 15) is 4.79 Å². The van der Waals surface area contributed by atoms with Gasteiger partial charge < -0.3 is 9.84 Å². The highest BCUT2D eigenvalue weighted by molar-refractivity contribution is 9.10. The van der Waals surface area contributed by atoms with Crippen LogP contribution in [0.5, 0.6) is 5.75 Å². The number of carboxylic acids is 1. The molecule has 0 radical (unpaired) electrons. The summed E-state index contributed by atoms with van der Waals surface area (Å²) in [5, 5.41) is 8.96. The Labute approximate surface area is 148 Å². The first kappa shape index (κ1) is 20.0. The summed E-state index contributed by atoms with van der Waals surface area (Å²) in [4.78, 5) is 10.9. The maximum Gasteiger partial charge on any atom is 0.336 e. The van der Waals surface area contributed by atoms with Gasteiger partial charge in [0.05, 0.1) is 12.2 Å². The van der Waals surface area contributed by atoms with Gasteiger partial charge in [0.15, 0.2) is 0 Å². The monoisotopic (exact) mass is 384 g/mol. The highest BCUT2D eigenvalue weighted by Crippen LogP contribution is 2.23. The molecule has 0 aliphatic rings. The molecule has 1 aromatic carbocycles. The van der Waals surface area contributed by atoms with Gasteiger partial charge in [-0.3, -0.25) is 0 Å². The van der Waals surface area contributed by atoms with Crippen molar-refractivity contribution in [1.82, 2.24) is 0 Å². The Morgan fingerprint density at radius 1 is 1.00 bits per heavy atom. The van der Waals surface area contributed by atoms with Crippen molar-refractivity contribution < 1.29 is 14.6 Å². The Morgan fingerprint density at radius 2 is 1.57 bits per heavy atom. The number of hydrogen-bond donors (Lipinski definition) is 1. The minimum Gasteiger partial charge on any atom is -0.494 e. The molecule has 1 N–H and O–H groups in total. The summed E-state index contributed by atoms with van der Waals surface area (Å²) in [5.74, 6) is -0.212. The summed E-state index contributed by atoms with van der Waals surface area (Å²) in [6.07, 6.45) is 13.0. The zero-order valence-corrected chi connectivity index (χ0v) is 15.7. The summed E-state index contributed by atoms with van der Waals surface area (Å²) in [5.41, 5.74) is 0.260. The summed E-state index contributed by atoms with van der Waals surface area (Å²) in [6.45, 7) is 2.94. The molecule has 0 heterocycles. The topological polar surface area (TPSA) is 46.5 Å². The highest BCUT2D eigenvalue weighted by Gasteiger charge is 2.08. The second-order valence-electron chi connectivity index (χ2n) is 5.98. The number of hydrogen-bond acceptors (Lipinski definition) is 2. The molecule has 1 rings (SSSR count). The van der Waals surface area contributed by atoms with Crippen LogP contribution in [0.3, 0.4) is 0 Å². The molecule has 130 valence electrons. The van der Waals surface area contributed by atoms with Crippen molar-refractivity contribution in [2.75, 3.05) is 6.61 Å². The van der Waals surface area contributed by atoms with Gasteiger partial charge in [-0.15, -0.1) is 0 Å². The Hall–Kier alpha value is -1.03. The van der Waals surface area contributed by atoms with E-state index in [2.05, 4.69) is 22.9 Å². The third-order valence-corrected chi connectivity index (χ3v) is 4.59. The molecule has 0 aliphatic heterocycles. The quantitative estimate of drug-likeness (QED) is 0.397. The number of aromatic carboxylic acids is 1. The molecule has 0 saturated carbocycles. The van der Waals surface area contributed by atoms with Crippen LogP contribution in [0.25, 0.3) is 0 Å². The number of halogens is 1. The fourth-order valence-corrected chi connectivity index (χ4v) is 3.07. The van der Waals surface area contributed by atoms with E-state index in [1.54, 1.807) is 18.2 Å². The van der Waals surface area contributed by atoms with Crippen LogP contribution in [0.2, 0.25) is 0 Å². The Kier molecular flexibility index (Phi) is 10.8. The lowest BCUT2D eigenvalue weighted by molar-refractivity contribution is 0.0696. The molecule has 4 heteroatoms. The maximum atomic E-state index is 10.9. The molecule has 0 aromatic heterocycles. The first-order valence-electron chi connectivity index (χ1n) is 8.80. The van der Waals surface area contributed by atoms with E-state index in [1.807, 2.05) is 0 Å². The number of carboxylic acid groups (broad SMARTS) is 1. The lowest BCUT2D eigenvalue weighted by atomic mass is 10.1. The van der Waals surface area contributed by atoms with Crippen molar-refractivity contribution >= 4 is 21.9 Å². The lowest BCUT2D eigenvalue weighted by Crippen LogP contribution is -2.00. The Balaban J connectivity index is 2.03. The SMILES string of the molecule is CCCCCCCCCCCCOc1ccc(C(=O)O)c(Br)c1. The number of benzene rings is 1. The smallest absolute Gasteiger partial charge is 0.336 e. The molecule has 0 saturated heterocycles. The molecule has 0 unspecified atom stereocenters. The molecule has 0 spiro atoms. The summed E-state index contributed by atoms with van der Waals surface area (Å²) in [7, 11) is 0. The predicted octanol–water partition coefficient (Wildman–Crippen LogP) is 6.45. The van der Waals surface area contributed by atoms with Crippen LogP contribution < -0.4 is 4.74 Å². The van der Waals surface area contributed by atoms with Crippen LogP contribution >= 0.6 is 15.9 Å². The van der Waals surface area contributed by atoms with Crippen LogP contribution in [0.4, 0.5) is 0 Å². The minimum atomic E-state index is -0.932. The van der Waals surface area contributed by atoms with E-state index in [-0.39, 0.29) is 5.56 Å². The van der Waals surface area contributed by atoms with E-state index in [0.29, 0.717) is 11.1 Å². The summed E-state index contributed by atoms with van der Waals surface area (Å²) < 4.78 is 6.23. The van der Waals surface area contributed by atoms with E-state index in [4.69, 9.17) is 9.84 Å². The van der Waals surface area contributed by atoms with Crippen molar-refractivity contribution in [2.45, 2.75) is 71.1 Å². The largest absolute Gasteiger partial charge is 0.494 e. The summed E-state index contributed by atoms with van der Waals surface area (Å²) in [6, 6.07) is 5.00. The zero-order valence-electron chi connectivity index (χ0n) is 14.2. The Bertz CT molecular complexity index is 460. The van der Waals surface area contributed by atoms with Crippen molar-refractivity contribution in [3.05, 3.63) is 28.2 Å². The van der Waals surface area contributed by atoms with Crippen LogP contribution in [0, 0.1) is 0 Å². The average Bonchev–Trinajstić information content (AvgIpc) is 2.52. The van der Waals surface area contributed by atoms with Gasteiger partial charge in [0, 0.05) is 4.47 Å². The van der Waals surface area contributed by atoms with Gasteiger partial charge in [-0.1, -0.05) is 64.7 Å². The fourth-order valence-electron chi connectivity index (χ4n) is 2.54. The number of rotatable bonds is 13. The molecular formula is C19H29BrO3. The van der Waals surface area contributed by atoms with Crippen molar-refractivity contribution in [1.29, 1.82) is 0 Å². The number of carbonyl (C=O) groups is 1. The van der Waals surface area contributed by atoms with Crippen molar-refractivity contribution in [2.24, 2.45) is 0 Å². The predicted molar refractivity (Wildman–Crippen MR) is 98.4 cm³/mol. The molecule has 0 aliphatic carbocycles. The van der Waals surface area contributed by atoms with Gasteiger partial charge in [0.25, 0.3) is 0 Å². The summed E-state index contributed by atoms with van der Waals surface area (Å²) >= 11 is 3.26. The highest BCUT2D eigenvalue weighted by atomic mass is 79.9. The van der Waals surface area contributed by atoms with Gasteiger partial charge >= 0.3 is 5.97 Å². The van der Waals surface area contributed by atoms with Crippen molar-refractivity contribution in [3.63, 3.8) is 0 Å². The third kappa shape index (κ3) is 8.99. The van der Waals surface area contributed by atoms with Crippen molar-refractivity contribution in [3.8, 4) is 5.75 Å². The molecule has 0 atom stereocenters. The van der Waals surface area contributed by atoms with E-state index < -0.39 is 5.97 Å².